The number of carbonyl (C=O) groups is 1. The highest BCUT2D eigenvalue weighted by Crippen LogP contribution is 2.12. The van der Waals surface area contributed by atoms with E-state index in [9.17, 15) is 4.79 Å². The molecule has 1 unspecified atom stereocenters. The molecule has 11 heavy (non-hydrogen) atoms. The predicted octanol–water partition coefficient (Wildman–Crippen LogP) is 1.23. The second kappa shape index (κ2) is 3.67. The Morgan fingerprint density at radius 3 is 3.00 bits per heavy atom. The molecule has 0 aromatic carbocycles. The van der Waals surface area contributed by atoms with E-state index in [2.05, 4.69) is 18.0 Å². The maximum Gasteiger partial charge on any atom is 0.136 e. The maximum absolute atomic E-state index is 11.0. The minimum Gasteiger partial charge on any atom is -0.300 e. The summed E-state index contributed by atoms with van der Waals surface area (Å²) in [4.78, 5) is 13.3. The largest absolute Gasteiger partial charge is 0.300 e. The highest BCUT2D eigenvalue weighted by Gasteiger charge is 2.21. The van der Waals surface area contributed by atoms with E-state index in [-0.39, 0.29) is 0 Å². The minimum absolute atomic E-state index is 0.348. The number of ketones is 1. The van der Waals surface area contributed by atoms with Gasteiger partial charge in [0.15, 0.2) is 0 Å². The summed E-state index contributed by atoms with van der Waals surface area (Å²) >= 11 is 0. The van der Waals surface area contributed by atoms with E-state index in [1.165, 1.54) is 0 Å². The van der Waals surface area contributed by atoms with Crippen molar-refractivity contribution in [3.63, 3.8) is 0 Å². The minimum atomic E-state index is 0.348. The van der Waals surface area contributed by atoms with Crippen molar-refractivity contribution in [2.45, 2.75) is 25.8 Å². The Labute approximate surface area is 67.9 Å². The van der Waals surface area contributed by atoms with Crippen molar-refractivity contribution in [1.82, 2.24) is 4.90 Å². The molecule has 0 radical (unpaired) electrons. The molecule has 0 N–H and O–H groups in total. The molecule has 2 heteroatoms. The van der Waals surface area contributed by atoms with Crippen LogP contribution in [0.15, 0.2) is 12.2 Å². The Morgan fingerprint density at radius 2 is 2.36 bits per heavy atom. The highest BCUT2D eigenvalue weighted by atomic mass is 16.1. The van der Waals surface area contributed by atoms with E-state index >= 15 is 0 Å². The monoisotopic (exact) mass is 153 g/mol. The molecule has 0 aromatic rings. The number of carbonyl (C=O) groups excluding carboxylic acids is 1. The average molecular weight is 153 g/mol. The molecule has 1 rings (SSSR count). The van der Waals surface area contributed by atoms with E-state index in [0.29, 0.717) is 18.2 Å². The van der Waals surface area contributed by atoms with Crippen molar-refractivity contribution in [3.8, 4) is 0 Å². The second-order valence-electron chi connectivity index (χ2n) is 3.07. The molecule has 2 nitrogen and oxygen atoms in total. The number of likely N-dealkylation sites (tertiary alicyclic amines) is 1. The van der Waals surface area contributed by atoms with Crippen LogP contribution in [-0.2, 0) is 4.79 Å². The molecular weight excluding hydrogens is 138 g/mol. The van der Waals surface area contributed by atoms with Crippen molar-refractivity contribution in [2.75, 3.05) is 13.6 Å². The summed E-state index contributed by atoms with van der Waals surface area (Å²) in [5.74, 6) is 0.395. The van der Waals surface area contributed by atoms with Crippen molar-refractivity contribution >= 4 is 5.78 Å². The van der Waals surface area contributed by atoms with E-state index in [4.69, 9.17) is 0 Å². The van der Waals surface area contributed by atoms with Crippen molar-refractivity contribution < 1.29 is 4.79 Å². The Balaban J connectivity index is 2.53. The summed E-state index contributed by atoms with van der Waals surface area (Å²) in [5.41, 5.74) is 0. The zero-order valence-electron chi connectivity index (χ0n) is 7.21. The smallest absolute Gasteiger partial charge is 0.136 e. The topological polar surface area (TPSA) is 20.3 Å². The van der Waals surface area contributed by atoms with Crippen molar-refractivity contribution in [1.29, 1.82) is 0 Å². The van der Waals surface area contributed by atoms with Gasteiger partial charge in [0.2, 0.25) is 0 Å². The molecule has 1 saturated heterocycles. The van der Waals surface area contributed by atoms with Crippen LogP contribution in [0.25, 0.3) is 0 Å². The third kappa shape index (κ3) is 2.15. The van der Waals surface area contributed by atoms with Gasteiger partial charge in [0, 0.05) is 25.4 Å². The summed E-state index contributed by atoms with van der Waals surface area (Å²) in [7, 11) is 2.07. The van der Waals surface area contributed by atoms with Gasteiger partial charge in [0.25, 0.3) is 0 Å². The lowest BCUT2D eigenvalue weighted by Crippen LogP contribution is -2.38. The van der Waals surface area contributed by atoms with Crippen LogP contribution in [0, 0.1) is 0 Å². The fourth-order valence-electron chi connectivity index (χ4n) is 1.40. The number of allylic oxidation sites excluding steroid dienone is 1. The van der Waals surface area contributed by atoms with Crippen molar-refractivity contribution in [3.05, 3.63) is 12.2 Å². The van der Waals surface area contributed by atoms with Crippen LogP contribution in [0.4, 0.5) is 0 Å². The molecule has 0 bridgehead atoms. The van der Waals surface area contributed by atoms with Gasteiger partial charge in [-0.3, -0.25) is 9.69 Å². The van der Waals surface area contributed by atoms with Crippen LogP contribution in [0.1, 0.15) is 19.8 Å². The SMILES string of the molecule is CC=CC1CC(=O)CCN1C. The lowest BCUT2D eigenvalue weighted by Gasteiger charge is -2.29. The molecule has 0 saturated carbocycles. The van der Waals surface area contributed by atoms with Gasteiger partial charge in [-0.2, -0.15) is 0 Å². The number of hydrogen-bond acceptors (Lipinski definition) is 2. The zero-order chi connectivity index (χ0) is 8.27. The molecule has 0 spiro atoms. The van der Waals surface area contributed by atoms with Gasteiger partial charge >= 0.3 is 0 Å². The third-order valence-corrected chi connectivity index (χ3v) is 2.16. The van der Waals surface area contributed by atoms with Crippen LogP contribution < -0.4 is 0 Å². The number of Topliss-reactive ketones (excluding diaryl/α,β-unsaturated/α-hetero) is 1. The first-order valence-electron chi connectivity index (χ1n) is 4.09. The Kier molecular flexibility index (Phi) is 2.83. The van der Waals surface area contributed by atoms with E-state index in [0.717, 1.165) is 13.0 Å². The molecule has 1 fully saturated rings. The number of piperidine rings is 1. The number of rotatable bonds is 1. The van der Waals surface area contributed by atoms with E-state index in [1.807, 2.05) is 13.0 Å². The summed E-state index contributed by atoms with van der Waals surface area (Å²) in [5, 5.41) is 0. The van der Waals surface area contributed by atoms with Crippen molar-refractivity contribution in [2.24, 2.45) is 0 Å². The molecule has 1 atom stereocenters. The van der Waals surface area contributed by atoms with E-state index in [1.54, 1.807) is 0 Å². The Morgan fingerprint density at radius 1 is 1.64 bits per heavy atom. The predicted molar refractivity (Wildman–Crippen MR) is 45.5 cm³/mol. The van der Waals surface area contributed by atoms with Crippen LogP contribution in [-0.4, -0.2) is 30.3 Å². The van der Waals surface area contributed by atoms with Gasteiger partial charge in [0.05, 0.1) is 0 Å². The lowest BCUT2D eigenvalue weighted by molar-refractivity contribution is -0.122. The fraction of sp³-hybridized carbons (Fsp3) is 0.667. The third-order valence-electron chi connectivity index (χ3n) is 2.16. The van der Waals surface area contributed by atoms with Gasteiger partial charge in [-0.25, -0.2) is 0 Å². The average Bonchev–Trinajstić information content (AvgIpc) is 1.98. The lowest BCUT2D eigenvalue weighted by atomic mass is 10.0. The van der Waals surface area contributed by atoms with Crippen LogP contribution in [0.5, 0.6) is 0 Å². The first-order valence-corrected chi connectivity index (χ1v) is 4.09. The molecule has 0 aliphatic carbocycles. The van der Waals surface area contributed by atoms with E-state index < -0.39 is 0 Å². The standard InChI is InChI=1S/C9H15NO/c1-3-4-8-7-9(11)5-6-10(8)2/h3-4,8H,5-7H2,1-2H3. The Hall–Kier alpha value is -0.630. The molecule has 1 heterocycles. The summed E-state index contributed by atoms with van der Waals surface area (Å²) in [6.07, 6.45) is 5.53. The van der Waals surface area contributed by atoms with Gasteiger partial charge in [-0.05, 0) is 14.0 Å². The summed E-state index contributed by atoms with van der Waals surface area (Å²) in [6.45, 7) is 2.90. The Bertz CT molecular complexity index is 174. The van der Waals surface area contributed by atoms with Gasteiger partial charge in [-0.1, -0.05) is 12.2 Å². The van der Waals surface area contributed by atoms with Gasteiger partial charge in [0.1, 0.15) is 5.78 Å². The molecule has 0 aromatic heterocycles. The number of hydrogen-bond donors (Lipinski definition) is 0. The summed E-state index contributed by atoms with van der Waals surface area (Å²) < 4.78 is 0. The molecule has 1 aliphatic rings. The zero-order valence-corrected chi connectivity index (χ0v) is 7.21. The first-order chi connectivity index (χ1) is 5.24. The second-order valence-corrected chi connectivity index (χ2v) is 3.07. The number of likely N-dealkylation sites (N-methyl/N-ethyl adjacent to an activating group) is 1. The van der Waals surface area contributed by atoms with Crippen LogP contribution >= 0.6 is 0 Å². The molecule has 1 aliphatic heterocycles. The summed E-state index contributed by atoms with van der Waals surface area (Å²) in [6, 6.07) is 0.348. The quantitative estimate of drug-likeness (QED) is 0.528. The molecular formula is C9H15NO. The molecule has 62 valence electrons. The first kappa shape index (κ1) is 8.47. The highest BCUT2D eigenvalue weighted by molar-refractivity contribution is 5.80. The normalized spacial score (nSPS) is 28.2. The van der Waals surface area contributed by atoms with Crippen LogP contribution in [0.3, 0.4) is 0 Å². The maximum atomic E-state index is 11.0. The van der Waals surface area contributed by atoms with Gasteiger partial charge in [-0.15, -0.1) is 0 Å². The molecule has 0 amide bonds. The fourth-order valence-corrected chi connectivity index (χ4v) is 1.40. The number of nitrogens with zero attached hydrogens (tertiary/aromatic N) is 1. The van der Waals surface area contributed by atoms with Crippen LogP contribution in [0.2, 0.25) is 0 Å². The van der Waals surface area contributed by atoms with Gasteiger partial charge < -0.3 is 0 Å².